The highest BCUT2D eigenvalue weighted by molar-refractivity contribution is 5.85. The van der Waals surface area contributed by atoms with Crippen molar-refractivity contribution < 1.29 is 22.8 Å². The van der Waals surface area contributed by atoms with Crippen LogP contribution in [-0.4, -0.2) is 10.8 Å². The smallest absolute Gasteiger partial charge is 0.306 e. The van der Waals surface area contributed by atoms with E-state index in [4.69, 9.17) is 4.74 Å². The van der Waals surface area contributed by atoms with E-state index in [1.165, 1.54) is 18.2 Å². The van der Waals surface area contributed by atoms with Gasteiger partial charge in [-0.05, 0) is 26.3 Å². The van der Waals surface area contributed by atoms with Crippen molar-refractivity contribution in [3.8, 4) is 0 Å². The Bertz CT molecular complexity index is 692. The van der Waals surface area contributed by atoms with Crippen molar-refractivity contribution in [2.24, 2.45) is 0 Å². The van der Waals surface area contributed by atoms with E-state index in [9.17, 15) is 18.1 Å². The minimum Gasteiger partial charge on any atom is -0.455 e. The summed E-state index contributed by atoms with van der Waals surface area (Å²) in [6.07, 6.45) is 0.837. The highest BCUT2D eigenvalue weighted by atomic mass is 19.2. The maximum atomic E-state index is 13.9. The van der Waals surface area contributed by atoms with Crippen LogP contribution in [0.15, 0.2) is 18.2 Å². The van der Waals surface area contributed by atoms with E-state index in [1.807, 2.05) is 6.92 Å². The summed E-state index contributed by atoms with van der Waals surface area (Å²) in [5.74, 6) is -3.32. The number of aromatic nitrogens is 1. The van der Waals surface area contributed by atoms with Gasteiger partial charge < -0.3 is 4.74 Å². The summed E-state index contributed by atoms with van der Waals surface area (Å²) in [7, 11) is 0. The molecule has 1 heterocycles. The first-order valence-corrected chi connectivity index (χ1v) is 6.66. The monoisotopic (exact) mass is 299 g/mol. The number of benzene rings is 1. The molecule has 2 rings (SSSR count). The predicted molar refractivity (Wildman–Crippen MR) is 72.4 cm³/mol. The van der Waals surface area contributed by atoms with Gasteiger partial charge in [-0.15, -0.1) is 4.79 Å². The van der Waals surface area contributed by atoms with Crippen LogP contribution in [0.1, 0.15) is 39.2 Å². The first-order chi connectivity index (χ1) is 9.79. The van der Waals surface area contributed by atoms with Crippen molar-refractivity contribution in [2.75, 3.05) is 0 Å². The zero-order valence-corrected chi connectivity index (χ0v) is 12.0. The molecule has 0 aliphatic rings. The van der Waals surface area contributed by atoms with Crippen LogP contribution in [0.4, 0.5) is 13.3 Å². The average Bonchev–Trinajstić information content (AvgIpc) is 2.63. The molecule has 0 spiro atoms. The third kappa shape index (κ3) is 2.62. The highest BCUT2D eigenvalue weighted by Crippen LogP contribution is 2.35. The van der Waals surface area contributed by atoms with E-state index in [1.54, 1.807) is 13.8 Å². The molecule has 0 N–H and O–H groups in total. The predicted octanol–water partition coefficient (Wildman–Crippen LogP) is 4.23. The number of ether oxygens (including phenoxy) is 1. The standard InChI is InChI=1S/C15H16F3NO2/c1-4-6-11(20)21-15(2,3)9-7-5-8-10-12(9)13(16)14(17)19(10)18/h5,7-8H,4,6H2,1-3H3. The molecule has 6 heteroatoms. The molecule has 0 radical (unpaired) electrons. The van der Waals surface area contributed by atoms with Crippen LogP contribution in [0.25, 0.3) is 10.9 Å². The molecule has 0 saturated heterocycles. The Morgan fingerprint density at radius 2 is 2.00 bits per heavy atom. The minimum absolute atomic E-state index is 0.216. The Kier molecular flexibility index (Phi) is 3.98. The lowest BCUT2D eigenvalue weighted by atomic mass is 9.94. The maximum Gasteiger partial charge on any atom is 0.306 e. The zero-order valence-electron chi connectivity index (χ0n) is 12.0. The maximum absolute atomic E-state index is 13.9. The summed E-state index contributed by atoms with van der Waals surface area (Å²) >= 11 is 0. The number of nitrogens with zero attached hydrogens (tertiary/aromatic N) is 1. The molecule has 0 amide bonds. The lowest BCUT2D eigenvalue weighted by Gasteiger charge is -2.26. The van der Waals surface area contributed by atoms with Gasteiger partial charge in [-0.3, -0.25) is 4.79 Å². The van der Waals surface area contributed by atoms with Crippen LogP contribution in [0.2, 0.25) is 0 Å². The van der Waals surface area contributed by atoms with Crippen molar-refractivity contribution in [2.45, 2.75) is 39.2 Å². The third-order valence-electron chi connectivity index (χ3n) is 3.30. The topological polar surface area (TPSA) is 31.2 Å². The van der Waals surface area contributed by atoms with Gasteiger partial charge in [0.1, 0.15) is 5.60 Å². The SMILES string of the molecule is CCCC(=O)OC(C)(C)c1cccc2c1c(F)c(F)n2F. The van der Waals surface area contributed by atoms with Crippen molar-refractivity contribution in [1.82, 2.24) is 4.79 Å². The number of halogens is 3. The summed E-state index contributed by atoms with van der Waals surface area (Å²) in [4.78, 5) is 11.3. The van der Waals surface area contributed by atoms with Crippen LogP contribution in [0, 0.1) is 11.8 Å². The summed E-state index contributed by atoms with van der Waals surface area (Å²) in [6, 6.07) is 4.21. The van der Waals surface area contributed by atoms with Crippen molar-refractivity contribution >= 4 is 16.9 Å². The Morgan fingerprint density at radius 3 is 2.62 bits per heavy atom. The van der Waals surface area contributed by atoms with Gasteiger partial charge in [-0.25, -0.2) is 4.39 Å². The van der Waals surface area contributed by atoms with Crippen molar-refractivity contribution in [3.05, 3.63) is 35.5 Å². The molecule has 0 bridgehead atoms. The van der Waals surface area contributed by atoms with Gasteiger partial charge >= 0.3 is 5.97 Å². The third-order valence-corrected chi connectivity index (χ3v) is 3.30. The van der Waals surface area contributed by atoms with Gasteiger partial charge in [0.25, 0.3) is 5.95 Å². The Balaban J connectivity index is 2.56. The second-order valence-corrected chi connectivity index (χ2v) is 5.32. The van der Waals surface area contributed by atoms with Crippen LogP contribution in [0.3, 0.4) is 0 Å². The van der Waals surface area contributed by atoms with E-state index in [0.717, 1.165) is 0 Å². The van der Waals surface area contributed by atoms with E-state index < -0.39 is 23.3 Å². The molecule has 3 nitrogen and oxygen atoms in total. The number of carbonyl (C=O) groups is 1. The number of hydrogen-bond donors (Lipinski definition) is 0. The molecule has 114 valence electrons. The van der Waals surface area contributed by atoms with Crippen LogP contribution >= 0.6 is 0 Å². The molecule has 0 saturated carbocycles. The number of rotatable bonds is 4. The van der Waals surface area contributed by atoms with E-state index in [-0.39, 0.29) is 27.7 Å². The van der Waals surface area contributed by atoms with Gasteiger partial charge in [-0.1, -0.05) is 23.5 Å². The Labute approximate surface area is 120 Å². The molecule has 2 aromatic rings. The zero-order chi connectivity index (χ0) is 15.8. The van der Waals surface area contributed by atoms with Crippen molar-refractivity contribution in [3.63, 3.8) is 0 Å². The first-order valence-electron chi connectivity index (χ1n) is 6.66. The van der Waals surface area contributed by atoms with Gasteiger partial charge in [0.15, 0.2) is 5.82 Å². The van der Waals surface area contributed by atoms with Crippen LogP contribution in [0.5, 0.6) is 0 Å². The van der Waals surface area contributed by atoms with E-state index in [2.05, 4.69) is 0 Å². The molecule has 1 aromatic heterocycles. The van der Waals surface area contributed by atoms with E-state index in [0.29, 0.717) is 6.42 Å². The largest absolute Gasteiger partial charge is 0.455 e. The Morgan fingerprint density at radius 1 is 1.33 bits per heavy atom. The summed E-state index contributed by atoms with van der Waals surface area (Å²) in [5, 5.41) is -0.216. The number of hydrogen-bond acceptors (Lipinski definition) is 2. The summed E-state index contributed by atoms with van der Waals surface area (Å²) in [5.41, 5.74) is -1.21. The number of esters is 1. The average molecular weight is 299 g/mol. The quantitative estimate of drug-likeness (QED) is 0.791. The molecule has 1 aromatic carbocycles. The lowest BCUT2D eigenvalue weighted by molar-refractivity contribution is -0.157. The number of carbonyl (C=O) groups excluding carboxylic acids is 1. The summed E-state index contributed by atoms with van der Waals surface area (Å²) in [6.45, 7) is 4.94. The van der Waals surface area contributed by atoms with Gasteiger partial charge in [-0.2, -0.15) is 4.39 Å². The first kappa shape index (κ1) is 15.4. The van der Waals surface area contributed by atoms with E-state index >= 15 is 0 Å². The molecular weight excluding hydrogens is 283 g/mol. The van der Waals surface area contributed by atoms with Gasteiger partial charge in [0.2, 0.25) is 0 Å². The lowest BCUT2D eigenvalue weighted by Crippen LogP contribution is -2.25. The Hall–Kier alpha value is -1.98. The van der Waals surface area contributed by atoms with Crippen LogP contribution < -0.4 is 0 Å². The molecule has 21 heavy (non-hydrogen) atoms. The second kappa shape index (κ2) is 5.42. The molecule has 0 aliphatic heterocycles. The van der Waals surface area contributed by atoms with Gasteiger partial charge in [0, 0.05) is 17.4 Å². The molecule has 0 atom stereocenters. The second-order valence-electron chi connectivity index (χ2n) is 5.32. The van der Waals surface area contributed by atoms with Crippen molar-refractivity contribution in [1.29, 1.82) is 0 Å². The van der Waals surface area contributed by atoms with Crippen LogP contribution in [-0.2, 0) is 15.1 Å². The summed E-state index contributed by atoms with van der Waals surface area (Å²) < 4.78 is 46.2. The molecule has 0 unspecified atom stereocenters. The molecule has 0 fully saturated rings. The normalized spacial score (nSPS) is 11.9. The molecular formula is C15H16F3NO2. The fourth-order valence-corrected chi connectivity index (χ4v) is 2.33. The fourth-order valence-electron chi connectivity index (χ4n) is 2.33. The minimum atomic E-state index is -1.59. The molecule has 0 aliphatic carbocycles. The number of fused-ring (bicyclic) bond motifs is 1. The van der Waals surface area contributed by atoms with Gasteiger partial charge in [0.05, 0.1) is 5.52 Å². The highest BCUT2D eigenvalue weighted by Gasteiger charge is 2.31. The fraction of sp³-hybridized carbons (Fsp3) is 0.400.